The van der Waals surface area contributed by atoms with Crippen molar-refractivity contribution >= 4 is 51.9 Å². The molecule has 0 fully saturated rings. The maximum absolute atomic E-state index is 10.1. The average molecular weight is 274 g/mol. The molecule has 0 aliphatic heterocycles. The number of nitro benzene ring substituents is 2. The third kappa shape index (κ3) is 8.71. The van der Waals surface area contributed by atoms with Crippen molar-refractivity contribution in [2.75, 3.05) is 0 Å². The number of non-ortho nitro benzene ring substituents is 2. The van der Waals surface area contributed by atoms with Crippen molar-refractivity contribution in [2.24, 2.45) is 0 Å². The molecule has 1 N–H and O–H groups in total. The summed E-state index contributed by atoms with van der Waals surface area (Å²) >= 11 is 0. The fourth-order valence-electron chi connectivity index (χ4n) is 0.696. The Bertz CT molecular complexity index is 417. The van der Waals surface area contributed by atoms with Crippen molar-refractivity contribution in [3.8, 4) is 0 Å². The van der Waals surface area contributed by atoms with Gasteiger partial charge in [-0.1, -0.05) is 0 Å². The van der Waals surface area contributed by atoms with Gasteiger partial charge in [-0.2, -0.15) is 0 Å². The minimum atomic E-state index is -3.12. The molecule has 0 saturated heterocycles. The Kier molecular flexibility index (Phi) is 9.70. The molecule has 1 aromatic rings. The molecular weight excluding hydrogens is 267 g/mol. The second-order valence-corrected chi connectivity index (χ2v) is 2.74. The van der Waals surface area contributed by atoms with Gasteiger partial charge in [-0.3, -0.25) is 24.8 Å². The van der Waals surface area contributed by atoms with E-state index in [0.717, 1.165) is 24.3 Å². The second-order valence-electron chi connectivity index (χ2n) is 2.27. The van der Waals surface area contributed by atoms with Crippen LogP contribution in [0.4, 0.5) is 11.4 Å². The Balaban J connectivity index is 0. The Morgan fingerprint density at radius 1 is 0.941 bits per heavy atom. The normalized spacial score (nSPS) is 8.59. The molecule has 0 radical (unpaired) electrons. The van der Waals surface area contributed by atoms with Crippen molar-refractivity contribution in [3.63, 3.8) is 0 Å². The van der Waals surface area contributed by atoms with Gasteiger partial charge in [-0.05, 0) is 0 Å². The van der Waals surface area contributed by atoms with Gasteiger partial charge < -0.3 is 0 Å². The van der Waals surface area contributed by atoms with Crippen molar-refractivity contribution in [2.45, 2.75) is 0 Å². The summed E-state index contributed by atoms with van der Waals surface area (Å²) in [4.78, 5) is 19.0. The summed E-state index contributed by atoms with van der Waals surface area (Å²) in [6.07, 6.45) is 0. The summed E-state index contributed by atoms with van der Waals surface area (Å²) < 4.78 is 24.2. The van der Waals surface area contributed by atoms with E-state index in [1.54, 1.807) is 0 Å². The molecule has 0 amide bonds. The molecule has 0 aromatic heterocycles. The van der Waals surface area contributed by atoms with Gasteiger partial charge in [0, 0.05) is 24.3 Å². The topological polar surface area (TPSA) is 141 Å². The Morgan fingerprint density at radius 3 is 1.24 bits per heavy atom. The van der Waals surface area contributed by atoms with Crippen LogP contribution >= 0.6 is 0 Å². The number of benzene rings is 1. The summed E-state index contributed by atoms with van der Waals surface area (Å²) in [5.74, 6) is 0. The molecule has 11 heteroatoms. The van der Waals surface area contributed by atoms with Crippen LogP contribution in [0, 0.1) is 20.2 Å². The maximum atomic E-state index is 10.1. The standard InChI is InChI=1S/C6H4N2O4.Na.H2O3S.H/c9-7(10)5-1-2-6(4-3-5)8(11)12;;1-4(2)3;/h1-4H;;4H,(H,1,2,3);. The molecule has 0 spiro atoms. The minimum absolute atomic E-state index is 0. The predicted octanol–water partition coefficient (Wildman–Crippen LogP) is -0.0747. The van der Waals surface area contributed by atoms with Crippen LogP contribution in [0.3, 0.4) is 0 Å². The monoisotopic (exact) mass is 274 g/mol. The number of rotatable bonds is 2. The number of hydrogen-bond donors (Lipinski definition) is 2. The summed E-state index contributed by atoms with van der Waals surface area (Å²) in [7, 11) is -3.12. The molecule has 0 heterocycles. The third-order valence-corrected chi connectivity index (χ3v) is 1.27. The van der Waals surface area contributed by atoms with Crippen LogP contribution in [0.5, 0.6) is 0 Å². The van der Waals surface area contributed by atoms with Gasteiger partial charge in [0.2, 0.25) is 0 Å². The van der Waals surface area contributed by atoms with Gasteiger partial charge in [-0.25, -0.2) is 8.42 Å². The zero-order valence-electron chi connectivity index (χ0n) is 7.55. The van der Waals surface area contributed by atoms with Gasteiger partial charge in [-0.15, -0.1) is 0 Å². The van der Waals surface area contributed by atoms with E-state index in [1.807, 2.05) is 0 Å². The zero-order valence-corrected chi connectivity index (χ0v) is 8.44. The molecule has 90 valence electrons. The number of nitrogens with zero attached hydrogens (tertiary/aromatic N) is 2. The molecule has 1 rings (SSSR count). The SMILES string of the molecule is O=[N+]([O-])c1ccc([N+](=O)[O-])cc1.O=[SH](=O)O.[NaH]. The molecular formula is C6H7N2NaO7S. The van der Waals surface area contributed by atoms with Crippen LogP contribution in [0.25, 0.3) is 0 Å². The summed E-state index contributed by atoms with van der Waals surface area (Å²) in [6.45, 7) is 0. The number of hydrogen-bond acceptors (Lipinski definition) is 6. The number of nitro groups is 2. The predicted molar refractivity (Wildman–Crippen MR) is 59.8 cm³/mol. The van der Waals surface area contributed by atoms with Gasteiger partial charge in [0.1, 0.15) is 0 Å². The second kappa shape index (κ2) is 9.01. The summed E-state index contributed by atoms with van der Waals surface area (Å²) in [5, 5.41) is 20.2. The van der Waals surface area contributed by atoms with Crippen molar-refractivity contribution in [1.82, 2.24) is 0 Å². The van der Waals surface area contributed by atoms with Crippen molar-refractivity contribution in [1.29, 1.82) is 0 Å². The zero-order chi connectivity index (χ0) is 12.7. The average Bonchev–Trinajstić information content (AvgIpc) is 2.17. The molecule has 0 aliphatic rings. The van der Waals surface area contributed by atoms with Crippen LogP contribution in [-0.2, 0) is 11.0 Å². The quantitative estimate of drug-likeness (QED) is 0.252. The fourth-order valence-corrected chi connectivity index (χ4v) is 0.696. The van der Waals surface area contributed by atoms with E-state index in [9.17, 15) is 20.2 Å². The van der Waals surface area contributed by atoms with Crippen LogP contribution < -0.4 is 0 Å². The van der Waals surface area contributed by atoms with Gasteiger partial charge in [0.15, 0.2) is 0 Å². The molecule has 0 saturated carbocycles. The van der Waals surface area contributed by atoms with Gasteiger partial charge >= 0.3 is 29.6 Å². The third-order valence-electron chi connectivity index (χ3n) is 1.27. The molecule has 9 nitrogen and oxygen atoms in total. The first-order valence-corrected chi connectivity index (χ1v) is 4.69. The van der Waals surface area contributed by atoms with Crippen LogP contribution in [0.1, 0.15) is 0 Å². The van der Waals surface area contributed by atoms with Gasteiger partial charge in [0.25, 0.3) is 22.4 Å². The van der Waals surface area contributed by atoms with E-state index in [2.05, 4.69) is 0 Å². The molecule has 1 aromatic carbocycles. The Morgan fingerprint density at radius 2 is 1.12 bits per heavy atom. The molecule has 0 bridgehead atoms. The first kappa shape index (κ1) is 18.3. The summed E-state index contributed by atoms with van der Waals surface area (Å²) in [5.41, 5.74) is -0.304. The van der Waals surface area contributed by atoms with E-state index >= 15 is 0 Å². The summed E-state index contributed by atoms with van der Waals surface area (Å²) in [6, 6.07) is 4.38. The van der Waals surface area contributed by atoms with Crippen LogP contribution in [0.2, 0.25) is 0 Å². The van der Waals surface area contributed by atoms with Crippen molar-refractivity contribution < 1.29 is 22.8 Å². The van der Waals surface area contributed by atoms with E-state index in [0.29, 0.717) is 0 Å². The molecule has 17 heavy (non-hydrogen) atoms. The van der Waals surface area contributed by atoms with Crippen LogP contribution in [0.15, 0.2) is 24.3 Å². The Labute approximate surface area is 119 Å². The first-order chi connectivity index (χ1) is 7.34. The van der Waals surface area contributed by atoms with E-state index in [4.69, 9.17) is 13.0 Å². The fraction of sp³-hybridized carbons (Fsp3) is 0. The molecule has 0 atom stereocenters. The van der Waals surface area contributed by atoms with E-state index in [-0.39, 0.29) is 40.9 Å². The van der Waals surface area contributed by atoms with E-state index in [1.165, 1.54) is 0 Å². The molecule has 0 aliphatic carbocycles. The Hall–Kier alpha value is -1.07. The van der Waals surface area contributed by atoms with Gasteiger partial charge in [0.05, 0.1) is 9.85 Å². The molecule has 0 unspecified atom stereocenters. The van der Waals surface area contributed by atoms with Crippen molar-refractivity contribution in [3.05, 3.63) is 44.5 Å². The van der Waals surface area contributed by atoms with E-state index < -0.39 is 20.8 Å². The first-order valence-electron chi connectivity index (χ1n) is 3.56. The van der Waals surface area contributed by atoms with Crippen LogP contribution in [-0.4, -0.2) is 52.4 Å². The number of thiol groups is 1.